The molecule has 144 valence electrons. The summed E-state index contributed by atoms with van der Waals surface area (Å²) in [6.07, 6.45) is 3.22. The van der Waals surface area contributed by atoms with Crippen LogP contribution in [-0.2, 0) is 4.74 Å². The molecule has 0 heterocycles. The maximum Gasteiger partial charge on any atom is 0.191 e. The fourth-order valence-electron chi connectivity index (χ4n) is 2.33. The van der Waals surface area contributed by atoms with Crippen molar-refractivity contribution >= 4 is 35.6 Å². The average molecular weight is 462 g/mol. The zero-order valence-electron chi connectivity index (χ0n) is 16.0. The summed E-state index contributed by atoms with van der Waals surface area (Å²) >= 11 is 0. The van der Waals surface area contributed by atoms with Crippen LogP contribution in [-0.4, -0.2) is 52.4 Å². The summed E-state index contributed by atoms with van der Waals surface area (Å²) in [5, 5.41) is 6.69. The number of ether oxygens (including phenoxy) is 1. The molecule has 1 aromatic carbocycles. The van der Waals surface area contributed by atoms with Gasteiger partial charge in [-0.3, -0.25) is 4.99 Å². The SMILES string of the molecule is CCNC(=NCCCN(C)c1ccccc1)NCCCCOCC.I. The van der Waals surface area contributed by atoms with Crippen LogP contribution in [0.1, 0.15) is 33.1 Å². The number of halogens is 1. The number of para-hydroxylation sites is 1. The molecule has 0 amide bonds. The van der Waals surface area contributed by atoms with Crippen molar-refractivity contribution in [2.45, 2.75) is 33.1 Å². The van der Waals surface area contributed by atoms with Crippen LogP contribution < -0.4 is 15.5 Å². The molecular weight excluding hydrogens is 427 g/mol. The van der Waals surface area contributed by atoms with E-state index in [1.807, 2.05) is 13.0 Å². The summed E-state index contributed by atoms with van der Waals surface area (Å²) < 4.78 is 5.35. The van der Waals surface area contributed by atoms with Crippen molar-refractivity contribution in [1.29, 1.82) is 0 Å². The first-order valence-electron chi connectivity index (χ1n) is 9.14. The summed E-state index contributed by atoms with van der Waals surface area (Å²) in [4.78, 5) is 6.92. The number of benzene rings is 1. The molecule has 0 aromatic heterocycles. The minimum absolute atomic E-state index is 0. The molecule has 1 rings (SSSR count). The van der Waals surface area contributed by atoms with Gasteiger partial charge in [-0.1, -0.05) is 18.2 Å². The maximum atomic E-state index is 5.35. The van der Waals surface area contributed by atoms with Crippen LogP contribution in [0.5, 0.6) is 0 Å². The summed E-state index contributed by atoms with van der Waals surface area (Å²) in [7, 11) is 2.13. The predicted octanol–water partition coefficient (Wildman–Crippen LogP) is 3.50. The number of rotatable bonds is 12. The Kier molecular flexibility index (Phi) is 15.8. The van der Waals surface area contributed by atoms with Gasteiger partial charge in [0.05, 0.1) is 0 Å². The normalized spacial score (nSPS) is 10.9. The zero-order chi connectivity index (χ0) is 17.5. The molecule has 1 aromatic rings. The maximum absolute atomic E-state index is 5.35. The third-order valence-corrected chi connectivity index (χ3v) is 3.67. The largest absolute Gasteiger partial charge is 0.382 e. The lowest BCUT2D eigenvalue weighted by atomic mass is 10.3. The molecule has 0 bridgehead atoms. The van der Waals surface area contributed by atoms with Crippen molar-refractivity contribution in [3.8, 4) is 0 Å². The van der Waals surface area contributed by atoms with Gasteiger partial charge >= 0.3 is 0 Å². The molecule has 0 aliphatic heterocycles. The van der Waals surface area contributed by atoms with Crippen LogP contribution in [0.2, 0.25) is 0 Å². The van der Waals surface area contributed by atoms with Gasteiger partial charge in [0.25, 0.3) is 0 Å². The van der Waals surface area contributed by atoms with Gasteiger partial charge in [0.2, 0.25) is 0 Å². The highest BCUT2D eigenvalue weighted by molar-refractivity contribution is 14.0. The molecule has 0 atom stereocenters. The van der Waals surface area contributed by atoms with E-state index in [-0.39, 0.29) is 24.0 Å². The number of unbranched alkanes of at least 4 members (excludes halogenated alkanes) is 1. The van der Waals surface area contributed by atoms with E-state index in [9.17, 15) is 0 Å². The summed E-state index contributed by atoms with van der Waals surface area (Å²) in [6, 6.07) is 10.5. The van der Waals surface area contributed by atoms with Crippen molar-refractivity contribution in [2.75, 3.05) is 51.3 Å². The van der Waals surface area contributed by atoms with Crippen LogP contribution in [0, 0.1) is 0 Å². The third-order valence-electron chi connectivity index (χ3n) is 3.67. The molecule has 0 unspecified atom stereocenters. The fraction of sp³-hybridized carbons (Fsp3) is 0.632. The van der Waals surface area contributed by atoms with Crippen LogP contribution in [0.15, 0.2) is 35.3 Å². The summed E-state index contributed by atoms with van der Waals surface area (Å²) in [6.45, 7) is 9.41. The third kappa shape index (κ3) is 12.0. The average Bonchev–Trinajstić information content (AvgIpc) is 2.62. The van der Waals surface area contributed by atoms with Crippen LogP contribution >= 0.6 is 24.0 Å². The van der Waals surface area contributed by atoms with Gasteiger partial charge in [0.15, 0.2) is 5.96 Å². The first-order chi connectivity index (χ1) is 11.8. The highest BCUT2D eigenvalue weighted by Gasteiger charge is 2.00. The van der Waals surface area contributed by atoms with Crippen molar-refractivity contribution in [1.82, 2.24) is 10.6 Å². The Labute approximate surface area is 170 Å². The molecule has 5 nitrogen and oxygen atoms in total. The number of aliphatic imine (C=N–C) groups is 1. The monoisotopic (exact) mass is 462 g/mol. The van der Waals surface area contributed by atoms with E-state index < -0.39 is 0 Å². The molecule has 0 radical (unpaired) electrons. The molecule has 0 saturated carbocycles. The Morgan fingerprint density at radius 3 is 2.52 bits per heavy atom. The Hall–Kier alpha value is -1.02. The Morgan fingerprint density at radius 1 is 1.08 bits per heavy atom. The molecule has 0 fully saturated rings. The second kappa shape index (κ2) is 16.4. The van der Waals surface area contributed by atoms with Gasteiger partial charge in [-0.05, 0) is 45.2 Å². The number of nitrogens with zero attached hydrogens (tertiary/aromatic N) is 2. The van der Waals surface area contributed by atoms with Gasteiger partial charge in [-0.25, -0.2) is 0 Å². The molecule has 0 aliphatic rings. The quantitative estimate of drug-likeness (QED) is 0.216. The second-order valence-electron chi connectivity index (χ2n) is 5.70. The van der Waals surface area contributed by atoms with E-state index in [2.05, 4.69) is 58.8 Å². The van der Waals surface area contributed by atoms with Crippen LogP contribution in [0.25, 0.3) is 0 Å². The molecule has 0 aliphatic carbocycles. The zero-order valence-corrected chi connectivity index (χ0v) is 18.3. The van der Waals surface area contributed by atoms with E-state index in [4.69, 9.17) is 4.74 Å². The molecule has 6 heteroatoms. The number of guanidine groups is 1. The van der Waals surface area contributed by atoms with Gasteiger partial charge in [-0.2, -0.15) is 0 Å². The van der Waals surface area contributed by atoms with E-state index in [1.54, 1.807) is 0 Å². The van der Waals surface area contributed by atoms with Crippen molar-refractivity contribution in [3.05, 3.63) is 30.3 Å². The van der Waals surface area contributed by atoms with Crippen LogP contribution in [0.3, 0.4) is 0 Å². The van der Waals surface area contributed by atoms with Crippen LogP contribution in [0.4, 0.5) is 5.69 Å². The summed E-state index contributed by atoms with van der Waals surface area (Å²) in [5.41, 5.74) is 1.25. The smallest absolute Gasteiger partial charge is 0.191 e. The van der Waals surface area contributed by atoms with Crippen molar-refractivity contribution in [3.63, 3.8) is 0 Å². The lowest BCUT2D eigenvalue weighted by Gasteiger charge is -2.18. The Morgan fingerprint density at radius 2 is 1.84 bits per heavy atom. The number of anilines is 1. The minimum Gasteiger partial charge on any atom is -0.382 e. The Bertz CT molecular complexity index is 442. The molecule has 0 saturated heterocycles. The lowest BCUT2D eigenvalue weighted by Crippen LogP contribution is -2.38. The highest BCUT2D eigenvalue weighted by Crippen LogP contribution is 2.10. The lowest BCUT2D eigenvalue weighted by molar-refractivity contribution is 0.143. The van der Waals surface area contributed by atoms with Gasteiger partial charge < -0.3 is 20.3 Å². The topological polar surface area (TPSA) is 48.9 Å². The van der Waals surface area contributed by atoms with E-state index >= 15 is 0 Å². The summed E-state index contributed by atoms with van der Waals surface area (Å²) in [5.74, 6) is 0.913. The minimum atomic E-state index is 0. The number of hydrogen-bond donors (Lipinski definition) is 2. The number of nitrogens with one attached hydrogen (secondary N) is 2. The standard InChI is InChI=1S/C19H34N4O.HI/c1-4-20-19(21-14-9-10-17-24-5-2)22-15-11-16-23(3)18-12-7-6-8-13-18;/h6-8,12-13H,4-5,9-11,14-17H2,1-3H3,(H2,20,21,22);1H. The Balaban J connectivity index is 0.00000576. The highest BCUT2D eigenvalue weighted by atomic mass is 127. The molecular formula is C19H35IN4O. The first-order valence-corrected chi connectivity index (χ1v) is 9.14. The van der Waals surface area contributed by atoms with Gasteiger partial charge in [0, 0.05) is 52.1 Å². The molecule has 0 spiro atoms. The molecule has 2 N–H and O–H groups in total. The van der Waals surface area contributed by atoms with Crippen molar-refractivity contribution in [2.24, 2.45) is 4.99 Å². The second-order valence-corrected chi connectivity index (χ2v) is 5.70. The van der Waals surface area contributed by atoms with E-state index in [0.29, 0.717) is 0 Å². The van der Waals surface area contributed by atoms with Gasteiger partial charge in [-0.15, -0.1) is 24.0 Å². The number of hydrogen-bond acceptors (Lipinski definition) is 3. The van der Waals surface area contributed by atoms with Crippen molar-refractivity contribution < 1.29 is 4.74 Å². The van der Waals surface area contributed by atoms with E-state index in [1.165, 1.54) is 5.69 Å². The van der Waals surface area contributed by atoms with Gasteiger partial charge in [0.1, 0.15) is 0 Å². The molecule has 25 heavy (non-hydrogen) atoms. The first kappa shape index (κ1) is 24.0. The fourth-order valence-corrected chi connectivity index (χ4v) is 2.33. The predicted molar refractivity (Wildman–Crippen MR) is 119 cm³/mol. The van der Waals surface area contributed by atoms with E-state index in [0.717, 1.165) is 64.6 Å².